The second kappa shape index (κ2) is 8.97. The van der Waals surface area contributed by atoms with Gasteiger partial charge in [-0.15, -0.1) is 0 Å². The van der Waals surface area contributed by atoms with Gasteiger partial charge in [0.1, 0.15) is 34.8 Å². The van der Waals surface area contributed by atoms with Gasteiger partial charge in [0.05, 0.1) is 18.2 Å². The molecule has 6 nitrogen and oxygen atoms in total. The van der Waals surface area contributed by atoms with Crippen molar-refractivity contribution in [3.05, 3.63) is 65.2 Å². The van der Waals surface area contributed by atoms with Gasteiger partial charge >= 0.3 is 0 Å². The van der Waals surface area contributed by atoms with Gasteiger partial charge in [0, 0.05) is 18.5 Å². The number of fused-ring (bicyclic) bond motifs is 1. The van der Waals surface area contributed by atoms with E-state index in [0.717, 1.165) is 17.5 Å². The summed E-state index contributed by atoms with van der Waals surface area (Å²) in [4.78, 5) is 16.4. The van der Waals surface area contributed by atoms with E-state index in [1.807, 2.05) is 0 Å². The maximum atomic E-state index is 13.6. The first-order chi connectivity index (χ1) is 14.0. The quantitative estimate of drug-likeness (QED) is 0.596. The Kier molecular flexibility index (Phi) is 6.19. The van der Waals surface area contributed by atoms with Gasteiger partial charge in [-0.05, 0) is 42.8 Å². The minimum Gasteiger partial charge on any atom is -0.497 e. The summed E-state index contributed by atoms with van der Waals surface area (Å²) in [5.41, 5.74) is 0.484. The number of ether oxygens (including phenoxy) is 1. The van der Waals surface area contributed by atoms with Crippen LogP contribution in [0.4, 0.5) is 14.6 Å². The number of pyridine rings is 1. The van der Waals surface area contributed by atoms with Crippen molar-refractivity contribution in [1.82, 2.24) is 10.3 Å². The van der Waals surface area contributed by atoms with Gasteiger partial charge in [0.2, 0.25) is 0 Å². The molecular weight excluding hydrogens is 378 g/mol. The van der Waals surface area contributed by atoms with Crippen molar-refractivity contribution in [3.8, 4) is 11.8 Å². The van der Waals surface area contributed by atoms with Gasteiger partial charge in [-0.2, -0.15) is 5.26 Å². The number of halogens is 2. The molecule has 3 aromatic rings. The third-order valence-electron chi connectivity index (χ3n) is 4.26. The minimum absolute atomic E-state index is 0.201. The molecule has 0 saturated carbocycles. The number of nitrogens with zero attached hydrogens (tertiary/aromatic N) is 2. The molecule has 0 unspecified atom stereocenters. The molecule has 0 fully saturated rings. The topological polar surface area (TPSA) is 87.0 Å². The summed E-state index contributed by atoms with van der Waals surface area (Å²) in [6.07, 6.45) is 0.467. The summed E-state index contributed by atoms with van der Waals surface area (Å²) < 4.78 is 32.4. The number of carbonyl (C=O) groups is 1. The Balaban J connectivity index is 1.58. The van der Waals surface area contributed by atoms with E-state index in [0.29, 0.717) is 35.6 Å². The summed E-state index contributed by atoms with van der Waals surface area (Å²) in [6, 6.07) is 12.5. The largest absolute Gasteiger partial charge is 0.497 e. The lowest BCUT2D eigenvalue weighted by molar-refractivity contribution is 0.0945. The van der Waals surface area contributed by atoms with Gasteiger partial charge in [0.25, 0.3) is 5.91 Å². The van der Waals surface area contributed by atoms with Crippen LogP contribution in [0.15, 0.2) is 42.5 Å². The molecule has 8 heteroatoms. The zero-order chi connectivity index (χ0) is 20.8. The first-order valence-electron chi connectivity index (χ1n) is 8.88. The highest BCUT2D eigenvalue weighted by Crippen LogP contribution is 2.24. The molecule has 29 heavy (non-hydrogen) atoms. The van der Waals surface area contributed by atoms with E-state index < -0.39 is 23.1 Å². The zero-order valence-corrected chi connectivity index (χ0v) is 15.6. The molecule has 0 radical (unpaired) electrons. The van der Waals surface area contributed by atoms with E-state index in [1.54, 1.807) is 31.4 Å². The third kappa shape index (κ3) is 4.58. The molecule has 1 amide bonds. The number of hydrogen-bond donors (Lipinski definition) is 2. The number of anilines is 1. The first-order valence-corrected chi connectivity index (χ1v) is 8.88. The molecular formula is C21H18F2N4O2. The molecule has 1 aromatic heterocycles. The van der Waals surface area contributed by atoms with Crippen LogP contribution in [0.5, 0.6) is 5.75 Å². The van der Waals surface area contributed by atoms with Crippen molar-refractivity contribution >= 4 is 22.6 Å². The smallest absolute Gasteiger partial charge is 0.257 e. The molecule has 0 aliphatic rings. The van der Waals surface area contributed by atoms with Crippen LogP contribution in [0, 0.1) is 23.0 Å². The van der Waals surface area contributed by atoms with Crippen molar-refractivity contribution in [2.45, 2.75) is 6.42 Å². The predicted octanol–water partition coefficient (Wildman–Crippen LogP) is 3.63. The lowest BCUT2D eigenvalue weighted by Gasteiger charge is -2.10. The molecule has 2 N–H and O–H groups in total. The average Bonchev–Trinajstić information content (AvgIpc) is 2.72. The van der Waals surface area contributed by atoms with E-state index in [9.17, 15) is 18.8 Å². The SMILES string of the molecule is COc1ccc2nc(NCCCNC(=O)c3c(F)cccc3F)c(C#N)cc2c1. The van der Waals surface area contributed by atoms with Crippen LogP contribution in [-0.2, 0) is 0 Å². The van der Waals surface area contributed by atoms with Crippen molar-refractivity contribution in [1.29, 1.82) is 5.26 Å². The van der Waals surface area contributed by atoms with Gasteiger partial charge in [0.15, 0.2) is 0 Å². The monoisotopic (exact) mass is 396 g/mol. The van der Waals surface area contributed by atoms with Crippen LogP contribution in [0.2, 0.25) is 0 Å². The predicted molar refractivity (Wildman–Crippen MR) is 105 cm³/mol. The Morgan fingerprint density at radius 3 is 2.62 bits per heavy atom. The van der Waals surface area contributed by atoms with Crippen molar-refractivity contribution in [2.24, 2.45) is 0 Å². The fourth-order valence-electron chi connectivity index (χ4n) is 2.80. The lowest BCUT2D eigenvalue weighted by atomic mass is 10.1. The molecule has 0 aliphatic carbocycles. The zero-order valence-electron chi connectivity index (χ0n) is 15.6. The second-order valence-electron chi connectivity index (χ2n) is 6.19. The molecule has 1 heterocycles. The fraction of sp³-hybridized carbons (Fsp3) is 0.190. The van der Waals surface area contributed by atoms with Gasteiger partial charge < -0.3 is 15.4 Å². The van der Waals surface area contributed by atoms with Gasteiger partial charge in [-0.1, -0.05) is 6.07 Å². The standard InChI is InChI=1S/C21H18F2N4O2/c1-29-15-6-7-18-13(11-15)10-14(12-24)20(27-18)25-8-3-9-26-21(28)19-16(22)4-2-5-17(19)23/h2,4-7,10-11H,3,8-9H2,1H3,(H,25,27)(H,26,28). The number of nitrogens with one attached hydrogen (secondary N) is 2. The van der Waals surface area contributed by atoms with E-state index in [4.69, 9.17) is 4.74 Å². The normalized spacial score (nSPS) is 10.4. The number of carbonyl (C=O) groups excluding carboxylic acids is 1. The van der Waals surface area contributed by atoms with E-state index in [1.165, 1.54) is 6.07 Å². The van der Waals surface area contributed by atoms with Gasteiger partial charge in [-0.25, -0.2) is 13.8 Å². The molecule has 148 valence electrons. The number of nitriles is 1. The Morgan fingerprint density at radius 2 is 1.93 bits per heavy atom. The third-order valence-corrected chi connectivity index (χ3v) is 4.26. The fourth-order valence-corrected chi connectivity index (χ4v) is 2.80. The molecule has 0 saturated heterocycles. The minimum atomic E-state index is -0.906. The summed E-state index contributed by atoms with van der Waals surface area (Å²) in [5, 5.41) is 15.7. The Labute approximate surface area is 166 Å². The Bertz CT molecular complexity index is 1080. The Hall–Kier alpha value is -3.73. The molecule has 3 rings (SSSR count). The van der Waals surface area contributed by atoms with Crippen molar-refractivity contribution < 1.29 is 18.3 Å². The number of methoxy groups -OCH3 is 1. The van der Waals surface area contributed by atoms with Crippen LogP contribution in [0.3, 0.4) is 0 Å². The van der Waals surface area contributed by atoms with Gasteiger partial charge in [-0.3, -0.25) is 4.79 Å². The van der Waals surface area contributed by atoms with Crippen molar-refractivity contribution in [2.75, 3.05) is 25.5 Å². The molecule has 0 aliphatic heterocycles. The van der Waals surface area contributed by atoms with Crippen LogP contribution in [0.25, 0.3) is 10.9 Å². The second-order valence-corrected chi connectivity index (χ2v) is 6.19. The molecule has 0 atom stereocenters. The lowest BCUT2D eigenvalue weighted by Crippen LogP contribution is -2.27. The maximum absolute atomic E-state index is 13.6. The highest BCUT2D eigenvalue weighted by Gasteiger charge is 2.16. The first kappa shape index (κ1) is 20.0. The van der Waals surface area contributed by atoms with Crippen LogP contribution >= 0.6 is 0 Å². The summed E-state index contributed by atoms with van der Waals surface area (Å²) in [7, 11) is 1.56. The highest BCUT2D eigenvalue weighted by atomic mass is 19.1. The molecule has 2 aromatic carbocycles. The summed E-state index contributed by atoms with van der Waals surface area (Å²) in [5.74, 6) is -1.52. The molecule has 0 bridgehead atoms. The molecule has 0 spiro atoms. The summed E-state index contributed by atoms with van der Waals surface area (Å²) in [6.45, 7) is 0.607. The highest BCUT2D eigenvalue weighted by molar-refractivity contribution is 5.94. The number of benzene rings is 2. The number of aromatic nitrogens is 1. The van der Waals surface area contributed by atoms with Crippen molar-refractivity contribution in [3.63, 3.8) is 0 Å². The number of rotatable bonds is 7. The van der Waals surface area contributed by atoms with E-state index in [2.05, 4.69) is 21.7 Å². The number of amides is 1. The maximum Gasteiger partial charge on any atom is 0.257 e. The number of hydrogen-bond acceptors (Lipinski definition) is 5. The van der Waals surface area contributed by atoms with Crippen LogP contribution in [0.1, 0.15) is 22.3 Å². The summed E-state index contributed by atoms with van der Waals surface area (Å²) >= 11 is 0. The van der Waals surface area contributed by atoms with Crippen LogP contribution in [-0.4, -0.2) is 31.1 Å². The average molecular weight is 396 g/mol. The van der Waals surface area contributed by atoms with E-state index in [-0.39, 0.29) is 6.54 Å². The van der Waals surface area contributed by atoms with E-state index >= 15 is 0 Å². The Morgan fingerprint density at radius 1 is 1.17 bits per heavy atom. The van der Waals surface area contributed by atoms with Crippen LogP contribution < -0.4 is 15.4 Å².